The van der Waals surface area contributed by atoms with Crippen LogP contribution in [0.1, 0.15) is 28.8 Å². The molecule has 0 amide bonds. The van der Waals surface area contributed by atoms with Crippen LogP contribution in [0, 0.1) is 0 Å². The van der Waals surface area contributed by atoms with Crippen molar-refractivity contribution in [3.05, 3.63) is 105 Å². The maximum Gasteiger partial charge on any atom is 0.226 e. The van der Waals surface area contributed by atoms with Gasteiger partial charge in [0.05, 0.1) is 12.8 Å². The fourth-order valence-corrected chi connectivity index (χ4v) is 4.76. The fourth-order valence-electron chi connectivity index (χ4n) is 4.46. The number of benzene rings is 3. The first-order valence-corrected chi connectivity index (χ1v) is 11.1. The zero-order valence-corrected chi connectivity index (χ0v) is 19.0. The summed E-state index contributed by atoms with van der Waals surface area (Å²) in [6, 6.07) is 21.1. The zero-order chi connectivity index (χ0) is 22.5. The quantitative estimate of drug-likeness (QED) is 0.383. The predicted molar refractivity (Wildman–Crippen MR) is 128 cm³/mol. The van der Waals surface area contributed by atoms with Gasteiger partial charge in [0.15, 0.2) is 0 Å². The van der Waals surface area contributed by atoms with E-state index in [1.165, 1.54) is 0 Å². The molecule has 4 aromatic rings. The lowest BCUT2D eigenvalue weighted by Crippen LogP contribution is -2.32. The SMILES string of the molecule is COc1ccc([C@H]2C3=C(Nc4ncnn42)c2cc(Cl)ccc2O[C@H]3c2ccc(Cl)cc2)cc1. The maximum atomic E-state index is 6.58. The summed E-state index contributed by atoms with van der Waals surface area (Å²) in [5.41, 5.74) is 4.83. The first-order valence-electron chi connectivity index (χ1n) is 10.4. The van der Waals surface area contributed by atoms with E-state index >= 15 is 0 Å². The largest absolute Gasteiger partial charge is 0.497 e. The first kappa shape index (κ1) is 20.1. The number of anilines is 1. The van der Waals surface area contributed by atoms with Gasteiger partial charge < -0.3 is 14.8 Å². The van der Waals surface area contributed by atoms with Crippen molar-refractivity contribution in [3.63, 3.8) is 0 Å². The van der Waals surface area contributed by atoms with Crippen molar-refractivity contribution in [3.8, 4) is 11.5 Å². The molecule has 6 nitrogen and oxygen atoms in total. The molecule has 6 rings (SSSR count). The van der Waals surface area contributed by atoms with E-state index < -0.39 is 0 Å². The number of aromatic nitrogens is 3. The molecule has 2 aliphatic rings. The number of methoxy groups -OCH3 is 1. The van der Waals surface area contributed by atoms with E-state index in [4.69, 9.17) is 32.7 Å². The Bertz CT molecular complexity index is 1380. The molecule has 0 bridgehead atoms. The molecule has 1 aromatic heterocycles. The second-order valence-electron chi connectivity index (χ2n) is 7.85. The Morgan fingerprint density at radius 2 is 1.67 bits per heavy atom. The van der Waals surface area contributed by atoms with Crippen LogP contribution in [-0.2, 0) is 0 Å². The summed E-state index contributed by atoms with van der Waals surface area (Å²) >= 11 is 12.6. The van der Waals surface area contributed by atoms with Crippen LogP contribution in [0.25, 0.3) is 5.70 Å². The number of nitrogens with zero attached hydrogens (tertiary/aromatic N) is 3. The molecule has 8 heteroatoms. The number of hydrogen-bond acceptors (Lipinski definition) is 5. The standard InChI is InChI=1S/C25H18Cl2N4O2/c1-32-18-9-4-14(5-10-18)23-21-22(30-25-28-13-29-31(23)25)19-12-17(27)8-11-20(19)33-24(21)15-2-6-16(26)7-3-15/h2-13,23-24H,1H3,(H,28,29,30)/t23-,24-/m0/s1. The molecule has 164 valence electrons. The van der Waals surface area contributed by atoms with Gasteiger partial charge in [-0.25, -0.2) is 4.68 Å². The van der Waals surface area contributed by atoms with Gasteiger partial charge in [-0.15, -0.1) is 0 Å². The van der Waals surface area contributed by atoms with Crippen molar-refractivity contribution in [2.75, 3.05) is 12.4 Å². The molecule has 0 radical (unpaired) electrons. The average Bonchev–Trinajstić information content (AvgIpc) is 3.31. The molecule has 3 heterocycles. The summed E-state index contributed by atoms with van der Waals surface area (Å²) < 4.78 is 13.8. The Hall–Kier alpha value is -3.48. The third-order valence-corrected chi connectivity index (χ3v) is 6.47. The van der Waals surface area contributed by atoms with Gasteiger partial charge in [-0.3, -0.25) is 0 Å². The molecular formula is C25H18Cl2N4O2. The normalized spacial score (nSPS) is 18.5. The topological polar surface area (TPSA) is 61.2 Å². The van der Waals surface area contributed by atoms with Crippen LogP contribution in [0.2, 0.25) is 10.0 Å². The van der Waals surface area contributed by atoms with Crippen LogP contribution in [0.5, 0.6) is 11.5 Å². The molecule has 0 fully saturated rings. The first-order chi connectivity index (χ1) is 16.1. The second kappa shape index (κ2) is 7.83. The minimum absolute atomic E-state index is 0.252. The highest BCUT2D eigenvalue weighted by Gasteiger charge is 2.41. The van der Waals surface area contributed by atoms with E-state index in [-0.39, 0.29) is 12.1 Å². The van der Waals surface area contributed by atoms with Crippen molar-refractivity contribution in [2.24, 2.45) is 0 Å². The summed E-state index contributed by atoms with van der Waals surface area (Å²) in [7, 11) is 1.65. The Kier molecular flexibility index (Phi) is 4.78. The molecule has 0 saturated carbocycles. The number of nitrogens with one attached hydrogen (secondary N) is 1. The minimum Gasteiger partial charge on any atom is -0.497 e. The number of rotatable bonds is 3. The van der Waals surface area contributed by atoms with Crippen LogP contribution in [0.15, 0.2) is 78.6 Å². The van der Waals surface area contributed by atoms with Crippen LogP contribution in [0.3, 0.4) is 0 Å². The van der Waals surface area contributed by atoms with Gasteiger partial charge in [-0.05, 0) is 53.6 Å². The zero-order valence-electron chi connectivity index (χ0n) is 17.5. The van der Waals surface area contributed by atoms with Crippen molar-refractivity contribution in [1.29, 1.82) is 0 Å². The molecule has 0 saturated heterocycles. The lowest BCUT2D eigenvalue weighted by atomic mass is 9.84. The van der Waals surface area contributed by atoms with E-state index in [1.54, 1.807) is 13.4 Å². The Labute approximate surface area is 200 Å². The Balaban J connectivity index is 1.61. The summed E-state index contributed by atoms with van der Waals surface area (Å²) in [6.45, 7) is 0. The molecule has 0 spiro atoms. The van der Waals surface area contributed by atoms with Gasteiger partial charge in [0.25, 0.3) is 0 Å². The number of ether oxygens (including phenoxy) is 2. The monoisotopic (exact) mass is 476 g/mol. The highest BCUT2D eigenvalue weighted by molar-refractivity contribution is 6.31. The van der Waals surface area contributed by atoms with Gasteiger partial charge >= 0.3 is 0 Å². The maximum absolute atomic E-state index is 6.58. The summed E-state index contributed by atoms with van der Waals surface area (Å²) in [5, 5.41) is 9.31. The second-order valence-corrected chi connectivity index (χ2v) is 8.72. The van der Waals surface area contributed by atoms with Crippen molar-refractivity contribution >= 4 is 34.8 Å². The van der Waals surface area contributed by atoms with E-state index in [9.17, 15) is 0 Å². The smallest absolute Gasteiger partial charge is 0.226 e. The van der Waals surface area contributed by atoms with E-state index in [0.29, 0.717) is 16.0 Å². The van der Waals surface area contributed by atoms with Crippen molar-refractivity contribution in [2.45, 2.75) is 12.1 Å². The van der Waals surface area contributed by atoms with Crippen LogP contribution < -0.4 is 14.8 Å². The van der Waals surface area contributed by atoms with Gasteiger partial charge in [-0.1, -0.05) is 47.5 Å². The van der Waals surface area contributed by atoms with Crippen LogP contribution in [0.4, 0.5) is 5.95 Å². The Morgan fingerprint density at radius 1 is 0.939 bits per heavy atom. The lowest BCUT2D eigenvalue weighted by Gasteiger charge is -2.39. The van der Waals surface area contributed by atoms with Crippen molar-refractivity contribution < 1.29 is 9.47 Å². The fraction of sp³-hybridized carbons (Fsp3) is 0.120. The summed E-state index contributed by atoms with van der Waals surface area (Å²) in [5.74, 6) is 2.18. The minimum atomic E-state index is -0.372. The highest BCUT2D eigenvalue weighted by Crippen LogP contribution is 2.51. The van der Waals surface area contributed by atoms with Crippen molar-refractivity contribution in [1.82, 2.24) is 14.8 Å². The predicted octanol–water partition coefficient (Wildman–Crippen LogP) is 6.15. The van der Waals surface area contributed by atoms with E-state index in [1.807, 2.05) is 71.4 Å². The van der Waals surface area contributed by atoms with E-state index in [0.717, 1.165) is 39.5 Å². The molecule has 0 unspecified atom stereocenters. The molecule has 0 aliphatic carbocycles. The third-order valence-electron chi connectivity index (χ3n) is 5.98. The summed E-state index contributed by atoms with van der Waals surface area (Å²) in [4.78, 5) is 4.45. The number of hydrogen-bond donors (Lipinski definition) is 1. The highest BCUT2D eigenvalue weighted by atomic mass is 35.5. The van der Waals surface area contributed by atoms with Gasteiger partial charge in [0.2, 0.25) is 5.95 Å². The lowest BCUT2D eigenvalue weighted by molar-refractivity contribution is 0.223. The summed E-state index contributed by atoms with van der Waals surface area (Å²) in [6.07, 6.45) is 1.18. The number of halogens is 2. The van der Waals surface area contributed by atoms with Crippen LogP contribution in [-0.4, -0.2) is 21.9 Å². The van der Waals surface area contributed by atoms with Crippen LogP contribution >= 0.6 is 23.2 Å². The van der Waals surface area contributed by atoms with Gasteiger partial charge in [0, 0.05) is 21.2 Å². The molecule has 2 aliphatic heterocycles. The third kappa shape index (κ3) is 3.34. The van der Waals surface area contributed by atoms with Gasteiger partial charge in [-0.2, -0.15) is 10.1 Å². The van der Waals surface area contributed by atoms with Gasteiger partial charge in [0.1, 0.15) is 30.0 Å². The molecule has 1 N–H and O–H groups in total. The molecular weight excluding hydrogens is 459 g/mol. The average molecular weight is 477 g/mol. The molecule has 33 heavy (non-hydrogen) atoms. The number of fused-ring (bicyclic) bond motifs is 3. The Morgan fingerprint density at radius 3 is 2.42 bits per heavy atom. The van der Waals surface area contributed by atoms with E-state index in [2.05, 4.69) is 15.4 Å². The molecule has 3 aromatic carbocycles. The molecule has 2 atom stereocenters.